The Morgan fingerprint density at radius 1 is 0.177 bits per heavy atom. The van der Waals surface area contributed by atoms with E-state index in [9.17, 15) is 0 Å². The fourth-order valence-electron chi connectivity index (χ4n) is 9.44. The van der Waals surface area contributed by atoms with Crippen molar-refractivity contribution in [2.45, 2.75) is 0 Å². The van der Waals surface area contributed by atoms with E-state index in [1.54, 1.807) is 0 Å². The van der Waals surface area contributed by atoms with E-state index in [-0.39, 0.29) is 0 Å². The van der Waals surface area contributed by atoms with Crippen LogP contribution >= 0.6 is 0 Å². The average molecular weight is 789 g/mol. The van der Waals surface area contributed by atoms with Gasteiger partial charge in [0.2, 0.25) is 0 Å². The van der Waals surface area contributed by atoms with Gasteiger partial charge in [-0.3, -0.25) is 0 Å². The van der Waals surface area contributed by atoms with E-state index in [1.807, 2.05) is 0 Å². The molecule has 290 valence electrons. The van der Waals surface area contributed by atoms with Gasteiger partial charge in [0.1, 0.15) is 0 Å². The van der Waals surface area contributed by atoms with Crippen LogP contribution in [0.1, 0.15) is 0 Å². The molecule has 0 aliphatic heterocycles. The molecule has 0 fully saturated rings. The van der Waals surface area contributed by atoms with Crippen LogP contribution < -0.4 is 0 Å². The van der Waals surface area contributed by atoms with Crippen molar-refractivity contribution in [2.24, 2.45) is 0 Å². The van der Waals surface area contributed by atoms with E-state index in [1.165, 1.54) is 99.2 Å². The molecule has 2 nitrogen and oxygen atoms in total. The first-order valence-electron chi connectivity index (χ1n) is 21.3. The highest BCUT2D eigenvalue weighted by Gasteiger charge is 2.17. The maximum atomic E-state index is 2.45. The van der Waals surface area contributed by atoms with Crippen molar-refractivity contribution < 1.29 is 0 Å². The molecule has 12 aromatic rings. The molecule has 0 radical (unpaired) electrons. The van der Waals surface area contributed by atoms with Crippen LogP contribution in [0.5, 0.6) is 0 Å². The van der Waals surface area contributed by atoms with Gasteiger partial charge in [-0.15, -0.1) is 0 Å². The Hall–Kier alpha value is -8.20. The van der Waals surface area contributed by atoms with Gasteiger partial charge in [-0.2, -0.15) is 0 Å². The quantitative estimate of drug-likeness (QED) is 0.152. The summed E-state index contributed by atoms with van der Waals surface area (Å²) in [6.45, 7) is 0. The molecule has 0 aliphatic rings. The Balaban J connectivity index is 0.975. The maximum absolute atomic E-state index is 2.45. The highest BCUT2D eigenvalue weighted by molar-refractivity contribution is 6.13. The van der Waals surface area contributed by atoms with Gasteiger partial charge >= 0.3 is 0 Å². The van der Waals surface area contributed by atoms with Gasteiger partial charge in [-0.1, -0.05) is 188 Å². The molecular weight excluding hydrogens is 749 g/mol. The molecule has 0 N–H and O–H groups in total. The van der Waals surface area contributed by atoms with Crippen LogP contribution in [0, 0.1) is 0 Å². The van der Waals surface area contributed by atoms with Crippen molar-refractivity contribution in [1.82, 2.24) is 9.13 Å². The lowest BCUT2D eigenvalue weighted by molar-refractivity contribution is 1.18. The monoisotopic (exact) mass is 788 g/mol. The lowest BCUT2D eigenvalue weighted by atomic mass is 10.00. The third-order valence-corrected chi connectivity index (χ3v) is 12.6. The zero-order valence-electron chi connectivity index (χ0n) is 34.0. The Kier molecular flexibility index (Phi) is 8.53. The number of fused-ring (bicyclic) bond motifs is 6. The Labute approximate surface area is 360 Å². The summed E-state index contributed by atoms with van der Waals surface area (Å²) in [7, 11) is 0. The van der Waals surface area contributed by atoms with Gasteiger partial charge in [0.15, 0.2) is 0 Å². The topological polar surface area (TPSA) is 9.86 Å². The van der Waals surface area contributed by atoms with Crippen molar-refractivity contribution in [1.29, 1.82) is 0 Å². The highest BCUT2D eigenvalue weighted by atomic mass is 15.0. The minimum absolute atomic E-state index is 1.13. The molecule has 62 heavy (non-hydrogen) atoms. The molecule has 2 aromatic heterocycles. The normalized spacial score (nSPS) is 11.5. The molecule has 2 heteroatoms. The second-order valence-electron chi connectivity index (χ2n) is 16.2. The average Bonchev–Trinajstić information content (AvgIpc) is 3.86. The third kappa shape index (κ3) is 6.12. The minimum atomic E-state index is 1.13. The van der Waals surface area contributed by atoms with E-state index >= 15 is 0 Å². The van der Waals surface area contributed by atoms with Gasteiger partial charge in [0.25, 0.3) is 0 Å². The number of aromatic nitrogens is 2. The molecule has 0 saturated carbocycles. The third-order valence-electron chi connectivity index (χ3n) is 12.6. The lowest BCUT2D eigenvalue weighted by Crippen LogP contribution is -1.95. The molecule has 0 spiro atoms. The summed E-state index contributed by atoms with van der Waals surface area (Å²) in [5.41, 5.74) is 19.1. The van der Waals surface area contributed by atoms with Crippen LogP contribution in [-0.2, 0) is 0 Å². The molecule has 0 atom stereocenters. The maximum Gasteiger partial charge on any atom is 0.0547 e. The second-order valence-corrected chi connectivity index (χ2v) is 16.2. The first kappa shape index (κ1) is 35.7. The number of nitrogens with zero attached hydrogens (tertiary/aromatic N) is 2. The van der Waals surface area contributed by atoms with Crippen molar-refractivity contribution in [3.8, 4) is 67.0 Å². The van der Waals surface area contributed by atoms with Gasteiger partial charge in [-0.05, 0) is 110 Å². The van der Waals surface area contributed by atoms with Crippen LogP contribution in [0.3, 0.4) is 0 Å². The van der Waals surface area contributed by atoms with E-state index < -0.39 is 0 Å². The number of hydrogen-bond donors (Lipinski definition) is 0. The summed E-state index contributed by atoms with van der Waals surface area (Å²) in [6, 6.07) is 88.4. The van der Waals surface area contributed by atoms with E-state index in [0.29, 0.717) is 0 Å². The van der Waals surface area contributed by atoms with Gasteiger partial charge < -0.3 is 9.13 Å². The van der Waals surface area contributed by atoms with Crippen LogP contribution in [0.4, 0.5) is 0 Å². The standard InChI is InChI=1S/C60H40N2/c1-4-12-41(13-5-1)44-20-22-45(23-21-44)47-26-33-52(34-27-47)62-59-39-49(43-16-8-3-9-17-43)28-35-54(59)55-36-29-50(40-60(55)62)48-30-37-58-56(38-48)53-18-10-11-19-57(53)61(58)51-31-24-46(25-32-51)42-14-6-2-7-15-42/h1-40H. The predicted molar refractivity (Wildman–Crippen MR) is 262 cm³/mol. The lowest BCUT2D eigenvalue weighted by Gasteiger charge is -2.12. The van der Waals surface area contributed by atoms with Crippen LogP contribution in [0.15, 0.2) is 243 Å². The molecule has 10 aromatic carbocycles. The van der Waals surface area contributed by atoms with Gasteiger partial charge in [0.05, 0.1) is 22.1 Å². The first-order valence-corrected chi connectivity index (χ1v) is 21.3. The Morgan fingerprint density at radius 2 is 0.484 bits per heavy atom. The number of hydrogen-bond acceptors (Lipinski definition) is 0. The van der Waals surface area contributed by atoms with Gasteiger partial charge in [0, 0.05) is 32.9 Å². The van der Waals surface area contributed by atoms with Crippen molar-refractivity contribution in [2.75, 3.05) is 0 Å². The summed E-state index contributed by atoms with van der Waals surface area (Å²) < 4.78 is 4.85. The van der Waals surface area contributed by atoms with E-state index in [4.69, 9.17) is 0 Å². The van der Waals surface area contributed by atoms with Crippen molar-refractivity contribution in [3.05, 3.63) is 243 Å². The van der Waals surface area contributed by atoms with Crippen molar-refractivity contribution in [3.63, 3.8) is 0 Å². The molecule has 0 aliphatic carbocycles. The molecule has 12 rings (SSSR count). The molecule has 0 saturated heterocycles. The highest BCUT2D eigenvalue weighted by Crippen LogP contribution is 2.40. The minimum Gasteiger partial charge on any atom is -0.309 e. The Morgan fingerprint density at radius 3 is 0.984 bits per heavy atom. The summed E-state index contributed by atoms with van der Waals surface area (Å²) in [4.78, 5) is 0. The van der Waals surface area contributed by atoms with Crippen LogP contribution in [0.2, 0.25) is 0 Å². The molecule has 2 heterocycles. The number of benzene rings is 10. The predicted octanol–water partition coefficient (Wildman–Crippen LogP) is 16.2. The fraction of sp³-hybridized carbons (Fsp3) is 0. The molecular formula is C60H40N2. The SMILES string of the molecule is c1ccc(-c2ccc(-c3ccc(-n4c5cc(-c6ccccc6)ccc5c5ccc(-c6ccc7c(c6)c6ccccc6n7-c6ccc(-c7ccccc7)cc6)cc54)cc3)cc2)cc1. The first-order chi connectivity index (χ1) is 30.7. The van der Waals surface area contributed by atoms with E-state index in [0.717, 1.165) is 11.4 Å². The van der Waals surface area contributed by atoms with Crippen LogP contribution in [0.25, 0.3) is 111 Å². The largest absolute Gasteiger partial charge is 0.309 e. The summed E-state index contributed by atoms with van der Waals surface area (Å²) >= 11 is 0. The summed E-state index contributed by atoms with van der Waals surface area (Å²) in [6.07, 6.45) is 0. The van der Waals surface area contributed by atoms with Crippen molar-refractivity contribution >= 4 is 43.6 Å². The summed E-state index contributed by atoms with van der Waals surface area (Å²) in [5.74, 6) is 0. The van der Waals surface area contributed by atoms with Gasteiger partial charge in [-0.25, -0.2) is 0 Å². The molecule has 0 amide bonds. The number of para-hydroxylation sites is 1. The smallest absolute Gasteiger partial charge is 0.0547 e. The fourth-order valence-corrected chi connectivity index (χ4v) is 9.44. The number of rotatable bonds is 7. The zero-order chi connectivity index (χ0) is 41.0. The molecule has 0 bridgehead atoms. The summed E-state index contributed by atoms with van der Waals surface area (Å²) in [5, 5.41) is 4.96. The Bertz CT molecular complexity index is 3560. The van der Waals surface area contributed by atoms with E-state index in [2.05, 4.69) is 252 Å². The second kappa shape index (κ2) is 14.8. The molecule has 0 unspecified atom stereocenters. The zero-order valence-corrected chi connectivity index (χ0v) is 34.0. The van der Waals surface area contributed by atoms with Crippen LogP contribution in [-0.4, -0.2) is 9.13 Å².